The topological polar surface area (TPSA) is 108 Å². The van der Waals surface area contributed by atoms with E-state index in [1.54, 1.807) is 12.1 Å². The van der Waals surface area contributed by atoms with E-state index in [2.05, 4.69) is 4.98 Å². The molecule has 2 aromatic rings. The van der Waals surface area contributed by atoms with Gasteiger partial charge in [0.1, 0.15) is 11.8 Å². The van der Waals surface area contributed by atoms with Gasteiger partial charge >= 0.3 is 5.97 Å². The molecule has 0 aliphatic heterocycles. The Morgan fingerprint density at radius 3 is 2.77 bits per heavy atom. The van der Waals surface area contributed by atoms with Crippen LogP contribution in [0.4, 0.5) is 0 Å². The summed E-state index contributed by atoms with van der Waals surface area (Å²) < 4.78 is 5.97. The van der Waals surface area contributed by atoms with Crippen LogP contribution in [0.15, 0.2) is 18.2 Å². The minimum atomic E-state index is -1.28. The molecule has 0 fully saturated rings. The molecule has 0 aliphatic carbocycles. The van der Waals surface area contributed by atoms with Crippen molar-refractivity contribution in [2.45, 2.75) is 20.3 Å². The van der Waals surface area contributed by atoms with Crippen LogP contribution in [0.5, 0.6) is 5.75 Å². The van der Waals surface area contributed by atoms with Crippen molar-refractivity contribution in [2.75, 3.05) is 6.61 Å². The Kier molecular flexibility index (Phi) is 4.32. The first kappa shape index (κ1) is 15.4. The minimum Gasteiger partial charge on any atom is -0.492 e. The van der Waals surface area contributed by atoms with Gasteiger partial charge in [-0.3, -0.25) is 0 Å². The van der Waals surface area contributed by atoms with Crippen LogP contribution in [-0.4, -0.2) is 32.6 Å². The lowest BCUT2D eigenvalue weighted by molar-refractivity contribution is 0.0645. The lowest BCUT2D eigenvalue weighted by Gasteiger charge is -2.08. The van der Waals surface area contributed by atoms with Gasteiger partial charge in [0.15, 0.2) is 11.5 Å². The predicted molar refractivity (Wildman–Crippen MR) is 77.0 cm³/mol. The van der Waals surface area contributed by atoms with Crippen LogP contribution in [0, 0.1) is 18.3 Å². The van der Waals surface area contributed by atoms with Crippen molar-refractivity contribution >= 4 is 5.97 Å². The second kappa shape index (κ2) is 6.18. The fraction of sp³-hybridized carbons (Fsp3) is 0.267. The maximum atomic E-state index is 11.1. The van der Waals surface area contributed by atoms with Crippen molar-refractivity contribution in [3.63, 3.8) is 0 Å². The minimum absolute atomic E-state index is 0.0634. The fourth-order valence-electron chi connectivity index (χ4n) is 2.04. The van der Waals surface area contributed by atoms with Gasteiger partial charge in [0.05, 0.1) is 17.9 Å². The lowest BCUT2D eigenvalue weighted by atomic mass is 10.1. The van der Waals surface area contributed by atoms with E-state index in [-0.39, 0.29) is 17.2 Å². The molecule has 1 heterocycles. The van der Waals surface area contributed by atoms with E-state index in [0.717, 1.165) is 6.42 Å². The molecular formula is C15H15N3O4. The van der Waals surface area contributed by atoms with Crippen LogP contribution >= 0.6 is 0 Å². The molecule has 0 unspecified atom stereocenters. The number of aryl methyl sites for hydroxylation is 1. The van der Waals surface area contributed by atoms with Crippen LogP contribution in [0.3, 0.4) is 0 Å². The standard InChI is InChI=1S/C15H15N3O4/c1-3-6-22-12-5-4-10(7-11(12)8-16)14-17-9(2)13(15(19)20)18(14)21/h4-5,7,21H,3,6H2,1-2H3,(H,19,20). The van der Waals surface area contributed by atoms with E-state index >= 15 is 0 Å². The van der Waals surface area contributed by atoms with Crippen molar-refractivity contribution in [1.82, 2.24) is 9.71 Å². The molecule has 0 radical (unpaired) electrons. The summed E-state index contributed by atoms with van der Waals surface area (Å²) in [6.45, 7) is 3.94. The van der Waals surface area contributed by atoms with E-state index in [4.69, 9.17) is 9.84 Å². The average molecular weight is 301 g/mol. The van der Waals surface area contributed by atoms with Crippen molar-refractivity contribution in [2.24, 2.45) is 0 Å². The number of carbonyl (C=O) groups is 1. The quantitative estimate of drug-likeness (QED) is 0.821. The van der Waals surface area contributed by atoms with Gasteiger partial charge in [0.25, 0.3) is 0 Å². The van der Waals surface area contributed by atoms with E-state index in [0.29, 0.717) is 28.2 Å². The normalized spacial score (nSPS) is 10.2. The van der Waals surface area contributed by atoms with E-state index < -0.39 is 5.97 Å². The van der Waals surface area contributed by atoms with E-state index in [1.165, 1.54) is 13.0 Å². The molecule has 0 saturated heterocycles. The highest BCUT2D eigenvalue weighted by Gasteiger charge is 2.21. The summed E-state index contributed by atoms with van der Waals surface area (Å²) in [6, 6.07) is 6.75. The smallest absolute Gasteiger partial charge is 0.357 e. The Morgan fingerprint density at radius 2 is 2.23 bits per heavy atom. The number of hydrogen-bond acceptors (Lipinski definition) is 5. The third-order valence-corrected chi connectivity index (χ3v) is 3.05. The number of aromatic nitrogens is 2. The highest BCUT2D eigenvalue weighted by molar-refractivity contribution is 5.88. The zero-order chi connectivity index (χ0) is 16.3. The Bertz CT molecular complexity index is 759. The molecule has 0 bridgehead atoms. The molecule has 114 valence electrons. The highest BCUT2D eigenvalue weighted by atomic mass is 16.5. The molecule has 0 saturated carbocycles. The molecule has 7 heteroatoms. The molecule has 7 nitrogen and oxygen atoms in total. The van der Waals surface area contributed by atoms with Gasteiger partial charge in [-0.15, -0.1) is 0 Å². The number of ether oxygens (including phenoxy) is 1. The second-order valence-corrected chi connectivity index (χ2v) is 4.66. The van der Waals surface area contributed by atoms with Crippen LogP contribution < -0.4 is 4.74 Å². The van der Waals surface area contributed by atoms with Gasteiger partial charge in [0.2, 0.25) is 0 Å². The SMILES string of the molecule is CCCOc1ccc(-c2nc(C)c(C(=O)O)n2O)cc1C#N. The third kappa shape index (κ3) is 2.72. The zero-order valence-corrected chi connectivity index (χ0v) is 12.2. The molecule has 0 amide bonds. The largest absolute Gasteiger partial charge is 0.492 e. The number of rotatable bonds is 5. The number of carboxylic acids is 1. The number of aromatic carboxylic acids is 1. The molecule has 0 atom stereocenters. The molecule has 22 heavy (non-hydrogen) atoms. The molecule has 1 aromatic heterocycles. The number of nitriles is 1. The zero-order valence-electron chi connectivity index (χ0n) is 12.2. The summed E-state index contributed by atoms with van der Waals surface area (Å²) in [5.74, 6) is -0.769. The van der Waals surface area contributed by atoms with E-state index in [9.17, 15) is 15.3 Å². The molecule has 0 spiro atoms. The number of carboxylic acid groups (broad SMARTS) is 1. The maximum Gasteiger partial charge on any atom is 0.357 e. The van der Waals surface area contributed by atoms with E-state index in [1.807, 2.05) is 13.0 Å². The van der Waals surface area contributed by atoms with Gasteiger partial charge in [-0.25, -0.2) is 9.78 Å². The first-order chi connectivity index (χ1) is 10.5. The average Bonchev–Trinajstić information content (AvgIpc) is 2.79. The van der Waals surface area contributed by atoms with Gasteiger partial charge in [-0.05, 0) is 31.5 Å². The Labute approximate surface area is 127 Å². The molecule has 1 aromatic carbocycles. The molecule has 2 N–H and O–H groups in total. The first-order valence-corrected chi connectivity index (χ1v) is 6.68. The molecule has 0 aliphatic rings. The van der Waals surface area contributed by atoms with Crippen LogP contribution in [0.1, 0.15) is 35.1 Å². The predicted octanol–water partition coefficient (Wildman–Crippen LogP) is 2.45. The summed E-state index contributed by atoms with van der Waals surface area (Å²) >= 11 is 0. The van der Waals surface area contributed by atoms with Crippen LogP contribution in [0.2, 0.25) is 0 Å². The van der Waals surface area contributed by atoms with Crippen molar-refractivity contribution in [1.29, 1.82) is 5.26 Å². The fourth-order valence-corrected chi connectivity index (χ4v) is 2.04. The van der Waals surface area contributed by atoms with Crippen LogP contribution in [-0.2, 0) is 0 Å². The van der Waals surface area contributed by atoms with Gasteiger partial charge < -0.3 is 15.1 Å². The maximum absolute atomic E-state index is 11.1. The number of hydrogen-bond donors (Lipinski definition) is 2. The van der Waals surface area contributed by atoms with Gasteiger partial charge in [0, 0.05) is 5.56 Å². The van der Waals surface area contributed by atoms with Crippen molar-refractivity contribution in [3.05, 3.63) is 35.2 Å². The first-order valence-electron chi connectivity index (χ1n) is 6.68. The molecule has 2 rings (SSSR count). The van der Waals surface area contributed by atoms with Gasteiger partial charge in [-0.1, -0.05) is 6.92 Å². The summed E-state index contributed by atoms with van der Waals surface area (Å²) in [5, 5.41) is 28.2. The summed E-state index contributed by atoms with van der Waals surface area (Å²) in [6.07, 6.45) is 0.814. The van der Waals surface area contributed by atoms with Crippen molar-refractivity contribution < 1.29 is 19.8 Å². The Morgan fingerprint density at radius 1 is 1.50 bits per heavy atom. The summed E-state index contributed by atoms with van der Waals surface area (Å²) in [5.41, 5.74) is 0.608. The Balaban J connectivity index is 2.49. The third-order valence-electron chi connectivity index (χ3n) is 3.05. The number of imidazole rings is 1. The number of benzene rings is 1. The lowest BCUT2D eigenvalue weighted by Crippen LogP contribution is -2.07. The summed E-state index contributed by atoms with van der Waals surface area (Å²) in [4.78, 5) is 15.1. The highest BCUT2D eigenvalue weighted by Crippen LogP contribution is 2.27. The Hall–Kier alpha value is -3.01. The molecular weight excluding hydrogens is 286 g/mol. The summed E-state index contributed by atoms with van der Waals surface area (Å²) in [7, 11) is 0. The van der Waals surface area contributed by atoms with Crippen molar-refractivity contribution in [3.8, 4) is 23.2 Å². The van der Waals surface area contributed by atoms with Crippen LogP contribution in [0.25, 0.3) is 11.4 Å². The van der Waals surface area contributed by atoms with Gasteiger partial charge in [-0.2, -0.15) is 9.99 Å². The second-order valence-electron chi connectivity index (χ2n) is 4.66. The number of nitrogens with zero attached hydrogens (tertiary/aromatic N) is 3. The monoisotopic (exact) mass is 301 g/mol.